The summed E-state index contributed by atoms with van der Waals surface area (Å²) in [5.41, 5.74) is 0. The molecule has 1 N–H and O–H groups in total. The summed E-state index contributed by atoms with van der Waals surface area (Å²) in [6.07, 6.45) is 16.6. The number of fused-ring (bicyclic) bond motifs is 1. The number of unbranched alkanes of at least 4 members (excludes halogenated alkanes) is 11. The third-order valence-electron chi connectivity index (χ3n) is 4.53. The van der Waals surface area contributed by atoms with Gasteiger partial charge in [0.2, 0.25) is 0 Å². The van der Waals surface area contributed by atoms with Crippen LogP contribution in [-0.2, 0) is 14.0 Å². The zero-order valence-electron chi connectivity index (χ0n) is 13.5. The number of hydrogen-bond acceptors (Lipinski definition) is 4. The summed E-state index contributed by atoms with van der Waals surface area (Å²) >= 11 is 0. The molecular weight excluding hydrogens is 267 g/mol. The van der Waals surface area contributed by atoms with E-state index < -0.39 is 13.3 Å². The van der Waals surface area contributed by atoms with Crippen LogP contribution in [0.2, 0.25) is 0 Å². The second-order valence-corrected chi connectivity index (χ2v) is 6.46. The predicted molar refractivity (Wildman–Crippen MR) is 83.4 cm³/mol. The Morgan fingerprint density at radius 2 is 1.29 bits per heavy atom. The molecule has 1 atom stereocenters. The van der Waals surface area contributed by atoms with E-state index in [-0.39, 0.29) is 6.10 Å². The lowest BCUT2D eigenvalue weighted by Gasteiger charge is -2.31. The van der Waals surface area contributed by atoms with Gasteiger partial charge in [0.05, 0.1) is 0 Å². The lowest BCUT2D eigenvalue weighted by Crippen LogP contribution is -2.52. The minimum Gasteiger partial charge on any atom is -0.374 e. The third-order valence-corrected chi connectivity index (χ3v) is 4.53. The molecule has 122 valence electrons. The van der Waals surface area contributed by atoms with E-state index in [2.05, 4.69) is 6.92 Å². The summed E-state index contributed by atoms with van der Waals surface area (Å²) in [6, 6.07) is 0. The molecule has 4 nitrogen and oxygen atoms in total. The maximum Gasteiger partial charge on any atom is 0.647 e. The topological polar surface area (TPSA) is 47.9 Å². The molecule has 21 heavy (non-hydrogen) atoms. The number of rotatable bonds is 13. The predicted octanol–water partition coefficient (Wildman–Crippen LogP) is 4.15. The first-order valence-electron chi connectivity index (χ1n) is 8.98. The van der Waals surface area contributed by atoms with Gasteiger partial charge >= 0.3 is 7.32 Å². The Hall–Kier alpha value is -0.0951. The van der Waals surface area contributed by atoms with Crippen LogP contribution in [0.1, 0.15) is 90.4 Å². The van der Waals surface area contributed by atoms with Gasteiger partial charge in [0.1, 0.15) is 6.10 Å². The van der Waals surface area contributed by atoms with Gasteiger partial charge in [-0.1, -0.05) is 84.0 Å². The highest BCUT2D eigenvalue weighted by molar-refractivity contribution is 6.40. The molecule has 0 aliphatic carbocycles. The van der Waals surface area contributed by atoms with Crippen LogP contribution in [0.4, 0.5) is 0 Å². The van der Waals surface area contributed by atoms with Crippen LogP contribution >= 0.6 is 0 Å². The minimum atomic E-state index is -1.43. The zero-order chi connectivity index (χ0) is 15.0. The molecule has 5 heteroatoms. The highest BCUT2D eigenvalue weighted by atomic mass is 17.0. The van der Waals surface area contributed by atoms with Crippen molar-refractivity contribution in [2.75, 3.05) is 0 Å². The van der Waals surface area contributed by atoms with E-state index in [4.69, 9.17) is 14.0 Å². The SMILES string of the molecule is CCCCCCCCCCCCCCC1OB2OC1(O)O2. The Kier molecular flexibility index (Phi) is 7.51. The lowest BCUT2D eigenvalue weighted by molar-refractivity contribution is -0.337. The fourth-order valence-electron chi connectivity index (χ4n) is 3.13. The molecule has 0 aromatic heterocycles. The van der Waals surface area contributed by atoms with Crippen LogP contribution in [0.3, 0.4) is 0 Å². The van der Waals surface area contributed by atoms with Crippen molar-refractivity contribution in [3.63, 3.8) is 0 Å². The molecule has 0 amide bonds. The van der Waals surface area contributed by atoms with Gasteiger partial charge in [0.25, 0.3) is 5.97 Å². The van der Waals surface area contributed by atoms with Gasteiger partial charge in [-0.2, -0.15) is 0 Å². The van der Waals surface area contributed by atoms with Crippen molar-refractivity contribution < 1.29 is 19.1 Å². The molecule has 0 saturated carbocycles. The van der Waals surface area contributed by atoms with Crippen molar-refractivity contribution in [1.82, 2.24) is 0 Å². The zero-order valence-corrected chi connectivity index (χ0v) is 13.5. The van der Waals surface area contributed by atoms with Crippen molar-refractivity contribution in [3.8, 4) is 0 Å². The molecule has 3 saturated heterocycles. The summed E-state index contributed by atoms with van der Waals surface area (Å²) in [7, 11) is -0.614. The van der Waals surface area contributed by atoms with E-state index >= 15 is 0 Å². The van der Waals surface area contributed by atoms with E-state index in [1.54, 1.807) is 0 Å². The standard InChI is InChI=1S/C16H31BO4/c1-2-3-4-5-6-7-8-9-10-11-12-13-14-15-16(18)20-17(19-15)21-16/h15,18H,2-14H2,1H3. The molecule has 3 aliphatic heterocycles. The first-order chi connectivity index (χ1) is 10.2. The normalized spacial score (nSPS) is 27.1. The van der Waals surface area contributed by atoms with Gasteiger partial charge in [-0.05, 0) is 6.42 Å². The summed E-state index contributed by atoms with van der Waals surface area (Å²) < 4.78 is 15.4. The average Bonchev–Trinajstić information content (AvgIpc) is 2.92. The van der Waals surface area contributed by atoms with Gasteiger partial charge < -0.3 is 19.1 Å². The molecular formula is C16H31BO4. The van der Waals surface area contributed by atoms with Crippen LogP contribution in [0.25, 0.3) is 0 Å². The molecule has 0 aromatic carbocycles. The van der Waals surface area contributed by atoms with Gasteiger partial charge in [-0.25, -0.2) is 0 Å². The van der Waals surface area contributed by atoms with Crippen molar-refractivity contribution in [2.45, 2.75) is 102 Å². The van der Waals surface area contributed by atoms with Gasteiger partial charge in [-0.3, -0.25) is 0 Å². The molecule has 2 bridgehead atoms. The Bertz CT molecular complexity index is 281. The Balaban J connectivity index is 1.30. The fourth-order valence-corrected chi connectivity index (χ4v) is 3.13. The quantitative estimate of drug-likeness (QED) is 0.410. The van der Waals surface area contributed by atoms with Crippen LogP contribution in [0.15, 0.2) is 0 Å². The van der Waals surface area contributed by atoms with E-state index in [1.807, 2.05) is 0 Å². The first-order valence-corrected chi connectivity index (χ1v) is 8.98. The van der Waals surface area contributed by atoms with Crippen molar-refractivity contribution >= 4 is 7.32 Å². The average molecular weight is 298 g/mol. The van der Waals surface area contributed by atoms with Crippen LogP contribution in [-0.4, -0.2) is 24.5 Å². The second kappa shape index (κ2) is 9.14. The van der Waals surface area contributed by atoms with Crippen molar-refractivity contribution in [1.29, 1.82) is 0 Å². The van der Waals surface area contributed by atoms with Crippen LogP contribution in [0, 0.1) is 0 Å². The molecule has 3 heterocycles. The summed E-state index contributed by atoms with van der Waals surface area (Å²) in [5, 5.41) is 9.73. The maximum absolute atomic E-state index is 9.73. The Labute approximate surface area is 129 Å². The largest absolute Gasteiger partial charge is 0.647 e. The molecule has 3 fully saturated rings. The van der Waals surface area contributed by atoms with Crippen molar-refractivity contribution in [2.24, 2.45) is 0 Å². The number of hydrogen-bond donors (Lipinski definition) is 1. The van der Waals surface area contributed by atoms with Crippen molar-refractivity contribution in [3.05, 3.63) is 0 Å². The van der Waals surface area contributed by atoms with E-state index in [0.717, 1.165) is 12.8 Å². The second-order valence-electron chi connectivity index (χ2n) is 6.46. The smallest absolute Gasteiger partial charge is 0.374 e. The first kappa shape index (κ1) is 17.3. The fraction of sp³-hybridized carbons (Fsp3) is 1.00. The van der Waals surface area contributed by atoms with E-state index in [1.165, 1.54) is 70.6 Å². The number of aliphatic hydroxyl groups is 1. The third kappa shape index (κ3) is 5.55. The lowest BCUT2D eigenvalue weighted by atomic mass is 10.0. The Morgan fingerprint density at radius 1 is 0.810 bits per heavy atom. The van der Waals surface area contributed by atoms with Gasteiger partial charge in [0, 0.05) is 0 Å². The highest BCUT2D eigenvalue weighted by Gasteiger charge is 2.65. The molecule has 0 aromatic rings. The molecule has 3 rings (SSSR count). The van der Waals surface area contributed by atoms with Gasteiger partial charge in [-0.15, -0.1) is 0 Å². The van der Waals surface area contributed by atoms with E-state index in [9.17, 15) is 5.11 Å². The summed E-state index contributed by atoms with van der Waals surface area (Å²) in [4.78, 5) is 0. The minimum absolute atomic E-state index is 0.286. The Morgan fingerprint density at radius 3 is 1.71 bits per heavy atom. The molecule has 0 radical (unpaired) electrons. The summed E-state index contributed by atoms with van der Waals surface area (Å²) in [6.45, 7) is 2.27. The van der Waals surface area contributed by atoms with Crippen LogP contribution < -0.4 is 0 Å². The maximum atomic E-state index is 9.73. The highest BCUT2D eigenvalue weighted by Crippen LogP contribution is 2.40. The summed E-state index contributed by atoms with van der Waals surface area (Å²) in [5.74, 6) is -1.43. The molecule has 1 unspecified atom stereocenters. The van der Waals surface area contributed by atoms with E-state index in [0.29, 0.717) is 0 Å². The van der Waals surface area contributed by atoms with Gasteiger partial charge in [0.15, 0.2) is 0 Å². The van der Waals surface area contributed by atoms with Crippen LogP contribution in [0.5, 0.6) is 0 Å². The molecule has 3 aliphatic rings. The monoisotopic (exact) mass is 298 g/mol. The molecule has 0 spiro atoms.